The van der Waals surface area contributed by atoms with Crippen LogP contribution >= 0.6 is 0 Å². The summed E-state index contributed by atoms with van der Waals surface area (Å²) in [7, 11) is -4.19. The summed E-state index contributed by atoms with van der Waals surface area (Å²) >= 11 is 0. The van der Waals surface area contributed by atoms with Crippen LogP contribution in [0.2, 0.25) is 0 Å². The number of hydrogen-bond acceptors (Lipinski definition) is 11. The van der Waals surface area contributed by atoms with E-state index in [1.807, 2.05) is 0 Å². The van der Waals surface area contributed by atoms with Crippen LogP contribution in [0.3, 0.4) is 0 Å². The zero-order chi connectivity index (χ0) is 31.9. The summed E-state index contributed by atoms with van der Waals surface area (Å²) in [4.78, 5) is 3.81. The summed E-state index contributed by atoms with van der Waals surface area (Å²) in [6, 6.07) is 7.51. The molecule has 1 aromatic carbocycles. The van der Waals surface area contributed by atoms with Crippen molar-refractivity contribution in [3.05, 3.63) is 78.3 Å². The number of sulfone groups is 1. The van der Waals surface area contributed by atoms with Gasteiger partial charge >= 0.3 is 0 Å². The van der Waals surface area contributed by atoms with Crippen LogP contribution in [0.15, 0.2) is 71.9 Å². The van der Waals surface area contributed by atoms with Crippen molar-refractivity contribution < 1.29 is 40.5 Å². The molecule has 0 aliphatic carbocycles. The molecular weight excluding hydrogens is 605 g/mol. The third kappa shape index (κ3) is 7.84. The second-order valence-electron chi connectivity index (χ2n) is 9.06. The standard InChI is InChI=1S/C27H32FN5O8S2/c1-17(22(40-4)11-7-8-15-39-3)33-26(21-10-9-12-24(29-21)41-5)30-31-27(33)32-43(37,38)18(2)25(34)20-14-13-19(28)16-23(20)42(6,35)36/h7-14,16,18,25,34H,1,15H2,2-6H3,(H,31,32)/b8-7-,22-11+/t18-,25-/m0/s1. The molecule has 0 bridgehead atoms. The van der Waals surface area contributed by atoms with Crippen LogP contribution in [0.1, 0.15) is 18.6 Å². The average molecular weight is 638 g/mol. The number of nitrogens with zero attached hydrogens (tertiary/aromatic N) is 4. The van der Waals surface area contributed by atoms with Crippen molar-refractivity contribution >= 4 is 31.5 Å². The smallest absolute Gasteiger partial charge is 0.243 e. The molecule has 2 heterocycles. The SMILES string of the molecule is C=C(/C(=C\C=C/COC)OC)n1c(NS(=O)(=O)[C@@H](C)[C@H](O)c2ccc(F)cc2S(C)(=O)=O)nnc1-c1cccc(OC)n1. The molecule has 3 rings (SSSR count). The van der Waals surface area contributed by atoms with Crippen molar-refractivity contribution in [3.63, 3.8) is 0 Å². The maximum absolute atomic E-state index is 13.8. The lowest BCUT2D eigenvalue weighted by atomic mass is 10.1. The van der Waals surface area contributed by atoms with Crippen LogP contribution in [0.4, 0.5) is 10.3 Å². The molecule has 0 aliphatic heterocycles. The van der Waals surface area contributed by atoms with E-state index in [0.717, 1.165) is 25.3 Å². The second kappa shape index (κ2) is 13.9. The molecule has 0 saturated carbocycles. The Hall–Kier alpha value is -4.12. The monoisotopic (exact) mass is 637 g/mol. The van der Waals surface area contributed by atoms with Gasteiger partial charge < -0.3 is 19.3 Å². The van der Waals surface area contributed by atoms with Gasteiger partial charge in [-0.1, -0.05) is 30.9 Å². The molecule has 0 amide bonds. The van der Waals surface area contributed by atoms with Gasteiger partial charge in [-0.05, 0) is 31.2 Å². The fraction of sp³-hybridized carbons (Fsp3) is 0.296. The van der Waals surface area contributed by atoms with Gasteiger partial charge in [0.15, 0.2) is 15.7 Å². The van der Waals surface area contributed by atoms with E-state index in [1.54, 1.807) is 36.4 Å². The van der Waals surface area contributed by atoms with Crippen LogP contribution in [-0.2, 0) is 29.3 Å². The summed E-state index contributed by atoms with van der Waals surface area (Å²) in [5.41, 5.74) is 0.0698. The number of methoxy groups -OCH3 is 3. The largest absolute Gasteiger partial charge is 0.495 e. The minimum absolute atomic E-state index is 0.0662. The number of hydrogen-bond donors (Lipinski definition) is 2. The van der Waals surface area contributed by atoms with Crippen molar-refractivity contribution in [1.29, 1.82) is 0 Å². The Kier molecular flexibility index (Phi) is 10.8. The van der Waals surface area contributed by atoms with E-state index in [9.17, 15) is 26.3 Å². The van der Waals surface area contributed by atoms with Gasteiger partial charge in [-0.15, -0.1) is 10.2 Å². The van der Waals surface area contributed by atoms with Crippen LogP contribution in [0.25, 0.3) is 17.2 Å². The Balaban J connectivity index is 2.10. The quantitative estimate of drug-likeness (QED) is 0.197. The third-order valence-electron chi connectivity index (χ3n) is 6.11. The minimum atomic E-state index is -4.52. The van der Waals surface area contributed by atoms with Crippen LogP contribution in [-0.4, -0.2) is 81.1 Å². The maximum Gasteiger partial charge on any atom is 0.243 e. The van der Waals surface area contributed by atoms with Gasteiger partial charge in [-0.2, -0.15) is 0 Å². The molecule has 0 saturated heterocycles. The molecule has 0 aliphatic rings. The molecule has 2 aromatic heterocycles. The first-order chi connectivity index (χ1) is 20.2. The predicted molar refractivity (Wildman–Crippen MR) is 158 cm³/mol. The number of allylic oxidation sites excluding steroid dienone is 3. The van der Waals surface area contributed by atoms with E-state index >= 15 is 0 Å². The summed E-state index contributed by atoms with van der Waals surface area (Å²) in [6.07, 6.45) is 3.86. The molecule has 43 heavy (non-hydrogen) atoms. The summed E-state index contributed by atoms with van der Waals surface area (Å²) in [6.45, 7) is 5.52. The molecule has 0 radical (unpaired) electrons. The number of nitrogens with one attached hydrogen (secondary N) is 1. The molecule has 0 unspecified atom stereocenters. The van der Waals surface area contributed by atoms with Gasteiger partial charge in [0, 0.05) is 25.0 Å². The lowest BCUT2D eigenvalue weighted by Crippen LogP contribution is -2.32. The number of aliphatic hydroxyl groups is 1. The number of rotatable bonds is 14. The Morgan fingerprint density at radius 3 is 2.51 bits per heavy atom. The summed E-state index contributed by atoms with van der Waals surface area (Å²) in [5.74, 6) is -0.683. The lowest BCUT2D eigenvalue weighted by molar-refractivity contribution is 0.173. The summed E-state index contributed by atoms with van der Waals surface area (Å²) < 4.78 is 84.7. The topological polar surface area (TPSA) is 172 Å². The molecule has 0 spiro atoms. The molecule has 0 fully saturated rings. The van der Waals surface area contributed by atoms with E-state index in [1.165, 1.54) is 25.9 Å². The number of benzene rings is 1. The molecule has 16 heteroatoms. The highest BCUT2D eigenvalue weighted by Gasteiger charge is 2.34. The Bertz CT molecular complexity index is 1750. The molecule has 3 aromatic rings. The Labute approximate surface area is 249 Å². The molecular formula is C27H32FN5O8S2. The van der Waals surface area contributed by atoms with Crippen LogP contribution < -0.4 is 9.46 Å². The van der Waals surface area contributed by atoms with Gasteiger partial charge in [0.25, 0.3) is 0 Å². The van der Waals surface area contributed by atoms with Crippen molar-refractivity contribution in [2.45, 2.75) is 23.2 Å². The number of halogens is 1. The van der Waals surface area contributed by atoms with Crippen molar-refractivity contribution in [2.24, 2.45) is 0 Å². The highest BCUT2D eigenvalue weighted by Crippen LogP contribution is 2.32. The van der Waals surface area contributed by atoms with E-state index in [0.29, 0.717) is 12.7 Å². The molecule has 232 valence electrons. The first-order valence-corrected chi connectivity index (χ1v) is 15.9. The van der Waals surface area contributed by atoms with Gasteiger partial charge in [-0.3, -0.25) is 9.29 Å². The average Bonchev–Trinajstić information content (AvgIpc) is 3.38. The van der Waals surface area contributed by atoms with E-state index < -0.39 is 41.9 Å². The Morgan fingerprint density at radius 2 is 1.88 bits per heavy atom. The molecule has 2 atom stereocenters. The number of ether oxygens (including phenoxy) is 3. The highest BCUT2D eigenvalue weighted by atomic mass is 32.2. The number of anilines is 1. The first kappa shape index (κ1) is 33.4. The normalized spacial score (nSPS) is 14.0. The van der Waals surface area contributed by atoms with Gasteiger partial charge in [0.1, 0.15) is 22.5 Å². The first-order valence-electron chi connectivity index (χ1n) is 12.5. The fourth-order valence-electron chi connectivity index (χ4n) is 3.84. The van der Waals surface area contributed by atoms with E-state index in [2.05, 4.69) is 26.5 Å². The number of pyridine rings is 1. The zero-order valence-electron chi connectivity index (χ0n) is 24.1. The zero-order valence-corrected chi connectivity index (χ0v) is 25.7. The molecule has 2 N–H and O–H groups in total. The number of aromatic nitrogens is 4. The van der Waals surface area contributed by atoms with E-state index in [4.69, 9.17) is 14.2 Å². The highest BCUT2D eigenvalue weighted by molar-refractivity contribution is 7.93. The third-order valence-corrected chi connectivity index (χ3v) is 8.96. The number of sulfonamides is 1. The van der Waals surface area contributed by atoms with Crippen molar-refractivity contribution in [2.75, 3.05) is 38.9 Å². The minimum Gasteiger partial charge on any atom is -0.495 e. The maximum atomic E-state index is 13.8. The molecule has 13 nitrogen and oxygen atoms in total. The fourth-order valence-corrected chi connectivity index (χ4v) is 5.84. The van der Waals surface area contributed by atoms with Crippen LogP contribution in [0, 0.1) is 5.82 Å². The van der Waals surface area contributed by atoms with Crippen molar-refractivity contribution in [3.8, 4) is 17.4 Å². The second-order valence-corrected chi connectivity index (χ2v) is 13.1. The predicted octanol–water partition coefficient (Wildman–Crippen LogP) is 2.96. The van der Waals surface area contributed by atoms with Gasteiger partial charge in [0.05, 0.1) is 37.5 Å². The van der Waals surface area contributed by atoms with Gasteiger partial charge in [0.2, 0.25) is 21.9 Å². The lowest BCUT2D eigenvalue weighted by Gasteiger charge is -2.22. The van der Waals surface area contributed by atoms with Crippen molar-refractivity contribution in [1.82, 2.24) is 19.7 Å². The van der Waals surface area contributed by atoms with Crippen LogP contribution in [0.5, 0.6) is 5.88 Å². The van der Waals surface area contributed by atoms with Gasteiger partial charge in [-0.25, -0.2) is 26.2 Å². The van der Waals surface area contributed by atoms with E-state index in [-0.39, 0.29) is 40.4 Å². The Morgan fingerprint density at radius 1 is 1.16 bits per heavy atom. The summed E-state index contributed by atoms with van der Waals surface area (Å²) in [5, 5.41) is 17.4. The number of aliphatic hydroxyl groups excluding tert-OH is 1.